The Labute approximate surface area is 97.3 Å². The standard InChI is InChI=1S/C11H12F2N4/c1-17-5-3-9(16-17)2-4-14-11-10(13)6-8(12)7-15-11/h3,5-7H,2,4H2,1H3,(H,14,15). The number of pyridine rings is 1. The maximum Gasteiger partial charge on any atom is 0.168 e. The summed E-state index contributed by atoms with van der Waals surface area (Å²) in [5, 5.41) is 6.98. The number of aromatic nitrogens is 3. The van der Waals surface area contributed by atoms with Crippen LogP contribution in [-0.4, -0.2) is 21.3 Å². The molecule has 1 N–H and O–H groups in total. The second kappa shape index (κ2) is 4.90. The van der Waals surface area contributed by atoms with E-state index in [0.29, 0.717) is 13.0 Å². The highest BCUT2D eigenvalue weighted by Gasteiger charge is 2.04. The molecule has 17 heavy (non-hydrogen) atoms. The van der Waals surface area contributed by atoms with Gasteiger partial charge < -0.3 is 5.32 Å². The summed E-state index contributed by atoms with van der Waals surface area (Å²) in [5.41, 5.74) is 0.905. The van der Waals surface area contributed by atoms with Gasteiger partial charge in [-0.25, -0.2) is 13.8 Å². The largest absolute Gasteiger partial charge is 0.367 e. The van der Waals surface area contributed by atoms with E-state index in [0.717, 1.165) is 18.0 Å². The quantitative estimate of drug-likeness (QED) is 0.882. The molecule has 0 spiro atoms. The Kier molecular flexibility index (Phi) is 3.32. The highest BCUT2D eigenvalue weighted by molar-refractivity contribution is 5.35. The Bertz CT molecular complexity index is 510. The van der Waals surface area contributed by atoms with Crippen LogP contribution in [0.15, 0.2) is 24.5 Å². The average molecular weight is 238 g/mol. The summed E-state index contributed by atoms with van der Waals surface area (Å²) >= 11 is 0. The molecule has 6 heteroatoms. The first-order valence-corrected chi connectivity index (χ1v) is 5.18. The van der Waals surface area contributed by atoms with E-state index >= 15 is 0 Å². The Morgan fingerprint density at radius 1 is 1.41 bits per heavy atom. The topological polar surface area (TPSA) is 42.7 Å². The molecule has 0 radical (unpaired) electrons. The van der Waals surface area contributed by atoms with Gasteiger partial charge in [-0.1, -0.05) is 0 Å². The van der Waals surface area contributed by atoms with Crippen molar-refractivity contribution in [2.75, 3.05) is 11.9 Å². The fourth-order valence-corrected chi connectivity index (χ4v) is 1.45. The van der Waals surface area contributed by atoms with E-state index in [-0.39, 0.29) is 5.82 Å². The summed E-state index contributed by atoms with van der Waals surface area (Å²) in [7, 11) is 1.83. The predicted octanol–water partition coefficient (Wildman–Crippen LogP) is 1.75. The second-order valence-electron chi connectivity index (χ2n) is 3.64. The van der Waals surface area contributed by atoms with Crippen LogP contribution in [0.4, 0.5) is 14.6 Å². The highest BCUT2D eigenvalue weighted by Crippen LogP contribution is 2.10. The van der Waals surface area contributed by atoms with Gasteiger partial charge in [-0.05, 0) is 6.07 Å². The van der Waals surface area contributed by atoms with E-state index in [4.69, 9.17) is 0 Å². The fraction of sp³-hybridized carbons (Fsp3) is 0.273. The van der Waals surface area contributed by atoms with Crippen LogP contribution in [0.5, 0.6) is 0 Å². The summed E-state index contributed by atoms with van der Waals surface area (Å²) in [4.78, 5) is 3.63. The van der Waals surface area contributed by atoms with E-state index in [1.807, 2.05) is 19.3 Å². The molecular weight excluding hydrogens is 226 g/mol. The number of anilines is 1. The van der Waals surface area contributed by atoms with Gasteiger partial charge in [0.15, 0.2) is 11.6 Å². The number of aryl methyl sites for hydroxylation is 1. The van der Waals surface area contributed by atoms with Gasteiger partial charge in [0.25, 0.3) is 0 Å². The van der Waals surface area contributed by atoms with E-state index in [1.54, 1.807) is 4.68 Å². The van der Waals surface area contributed by atoms with Crippen LogP contribution >= 0.6 is 0 Å². The van der Waals surface area contributed by atoms with E-state index in [2.05, 4.69) is 15.4 Å². The zero-order valence-corrected chi connectivity index (χ0v) is 9.32. The van der Waals surface area contributed by atoms with Crippen LogP contribution in [0.3, 0.4) is 0 Å². The lowest BCUT2D eigenvalue weighted by Gasteiger charge is -2.04. The Hall–Kier alpha value is -1.98. The Morgan fingerprint density at radius 2 is 2.24 bits per heavy atom. The smallest absolute Gasteiger partial charge is 0.168 e. The van der Waals surface area contributed by atoms with Crippen LogP contribution in [0.2, 0.25) is 0 Å². The summed E-state index contributed by atoms with van der Waals surface area (Å²) in [6, 6.07) is 2.69. The van der Waals surface area contributed by atoms with Crippen molar-refractivity contribution in [2.24, 2.45) is 7.05 Å². The normalized spacial score (nSPS) is 10.5. The van der Waals surface area contributed by atoms with Gasteiger partial charge >= 0.3 is 0 Å². The number of hydrogen-bond acceptors (Lipinski definition) is 3. The van der Waals surface area contributed by atoms with Crippen molar-refractivity contribution in [3.8, 4) is 0 Å². The van der Waals surface area contributed by atoms with Gasteiger partial charge in [0, 0.05) is 32.3 Å². The molecule has 2 aromatic rings. The monoisotopic (exact) mass is 238 g/mol. The average Bonchev–Trinajstić information content (AvgIpc) is 2.68. The highest BCUT2D eigenvalue weighted by atomic mass is 19.1. The molecule has 4 nitrogen and oxygen atoms in total. The van der Waals surface area contributed by atoms with Gasteiger partial charge in [-0.15, -0.1) is 0 Å². The van der Waals surface area contributed by atoms with Gasteiger partial charge in [0.1, 0.15) is 5.82 Å². The van der Waals surface area contributed by atoms with Crippen molar-refractivity contribution >= 4 is 5.82 Å². The molecule has 2 heterocycles. The third kappa shape index (κ3) is 2.99. The van der Waals surface area contributed by atoms with E-state index < -0.39 is 11.6 Å². The molecule has 0 amide bonds. The summed E-state index contributed by atoms with van der Waals surface area (Å²) in [6.45, 7) is 0.493. The molecule has 0 saturated carbocycles. The molecule has 0 aliphatic rings. The van der Waals surface area contributed by atoms with Crippen molar-refractivity contribution in [1.29, 1.82) is 0 Å². The molecule has 2 rings (SSSR count). The maximum absolute atomic E-state index is 13.2. The van der Waals surface area contributed by atoms with Gasteiger partial charge in [0.2, 0.25) is 0 Å². The molecule has 90 valence electrons. The van der Waals surface area contributed by atoms with Crippen LogP contribution in [0.1, 0.15) is 5.69 Å². The van der Waals surface area contributed by atoms with Crippen LogP contribution in [0, 0.1) is 11.6 Å². The van der Waals surface area contributed by atoms with Crippen molar-refractivity contribution < 1.29 is 8.78 Å². The number of hydrogen-bond donors (Lipinski definition) is 1. The van der Waals surface area contributed by atoms with Gasteiger partial charge in [0.05, 0.1) is 11.9 Å². The molecule has 0 fully saturated rings. The van der Waals surface area contributed by atoms with Crippen molar-refractivity contribution in [3.05, 3.63) is 41.9 Å². The zero-order valence-electron chi connectivity index (χ0n) is 9.32. The summed E-state index contributed by atoms with van der Waals surface area (Å²) < 4.78 is 27.5. The number of nitrogens with zero attached hydrogens (tertiary/aromatic N) is 3. The minimum absolute atomic E-state index is 0.0577. The molecule has 0 unspecified atom stereocenters. The van der Waals surface area contributed by atoms with Crippen molar-refractivity contribution in [1.82, 2.24) is 14.8 Å². The molecule has 2 aromatic heterocycles. The summed E-state index contributed by atoms with van der Waals surface area (Å²) in [5.74, 6) is -1.31. The van der Waals surface area contributed by atoms with Crippen molar-refractivity contribution in [2.45, 2.75) is 6.42 Å². The van der Waals surface area contributed by atoms with Gasteiger partial charge in [-0.2, -0.15) is 5.10 Å². The molecule has 0 aliphatic heterocycles. The van der Waals surface area contributed by atoms with Crippen LogP contribution in [-0.2, 0) is 13.5 Å². The molecule has 0 aromatic carbocycles. The lowest BCUT2D eigenvalue weighted by Crippen LogP contribution is -2.08. The first-order chi connectivity index (χ1) is 8.15. The van der Waals surface area contributed by atoms with Crippen LogP contribution in [0.25, 0.3) is 0 Å². The SMILES string of the molecule is Cn1ccc(CCNc2ncc(F)cc2F)n1. The first kappa shape index (κ1) is 11.5. The summed E-state index contributed by atoms with van der Waals surface area (Å²) in [6.07, 6.45) is 3.47. The minimum atomic E-state index is -0.689. The Balaban J connectivity index is 1.90. The third-order valence-electron chi connectivity index (χ3n) is 2.25. The molecule has 0 aliphatic carbocycles. The van der Waals surface area contributed by atoms with E-state index in [1.165, 1.54) is 0 Å². The zero-order chi connectivity index (χ0) is 12.3. The van der Waals surface area contributed by atoms with Gasteiger partial charge in [-0.3, -0.25) is 4.68 Å². The first-order valence-electron chi connectivity index (χ1n) is 5.18. The third-order valence-corrected chi connectivity index (χ3v) is 2.25. The fourth-order valence-electron chi connectivity index (χ4n) is 1.45. The molecule has 0 atom stereocenters. The lowest BCUT2D eigenvalue weighted by molar-refractivity contribution is 0.575. The van der Waals surface area contributed by atoms with E-state index in [9.17, 15) is 8.78 Å². The molecule has 0 bridgehead atoms. The number of halogens is 2. The van der Waals surface area contributed by atoms with Crippen LogP contribution < -0.4 is 5.32 Å². The Morgan fingerprint density at radius 3 is 2.88 bits per heavy atom. The number of nitrogens with one attached hydrogen (secondary N) is 1. The van der Waals surface area contributed by atoms with Crippen molar-refractivity contribution in [3.63, 3.8) is 0 Å². The maximum atomic E-state index is 13.2. The molecular formula is C11H12F2N4. The molecule has 0 saturated heterocycles. The second-order valence-corrected chi connectivity index (χ2v) is 3.64. The number of rotatable bonds is 4. The lowest BCUT2D eigenvalue weighted by atomic mass is 10.3. The predicted molar refractivity (Wildman–Crippen MR) is 59.6 cm³/mol. The minimum Gasteiger partial charge on any atom is -0.367 e.